The molecule has 142 valence electrons. The maximum absolute atomic E-state index is 12.5. The van der Waals surface area contributed by atoms with Gasteiger partial charge in [0, 0.05) is 30.8 Å². The van der Waals surface area contributed by atoms with Gasteiger partial charge in [0.15, 0.2) is 0 Å². The number of H-pyrrole nitrogens is 1. The molecule has 1 aliphatic heterocycles. The second-order valence-corrected chi connectivity index (χ2v) is 6.95. The normalized spacial score (nSPS) is 15.2. The molecular weight excluding hydrogens is 352 g/mol. The highest BCUT2D eigenvalue weighted by Crippen LogP contribution is 2.15. The number of hydrogen-bond acceptors (Lipinski definition) is 3. The lowest BCUT2D eigenvalue weighted by atomic mass is 10.0. The molecule has 0 spiro atoms. The molecule has 28 heavy (non-hydrogen) atoms. The number of hydrogen-bond donors (Lipinski definition) is 2. The number of carbonyl (C=O) groups excluding carboxylic acids is 2. The molecule has 0 radical (unpaired) electrons. The highest BCUT2D eigenvalue weighted by atomic mass is 16.2. The average Bonchev–Trinajstić information content (AvgIpc) is 3.21. The number of imidazole rings is 1. The van der Waals surface area contributed by atoms with Gasteiger partial charge >= 0.3 is 0 Å². The Hall–Kier alpha value is -3.41. The lowest BCUT2D eigenvalue weighted by Crippen LogP contribution is -2.46. The van der Waals surface area contributed by atoms with E-state index < -0.39 is 0 Å². The van der Waals surface area contributed by atoms with Gasteiger partial charge in [0.2, 0.25) is 5.91 Å². The van der Waals surface area contributed by atoms with E-state index in [1.54, 1.807) is 18.5 Å². The maximum atomic E-state index is 12.5. The molecule has 1 fully saturated rings. The predicted molar refractivity (Wildman–Crippen MR) is 109 cm³/mol. The van der Waals surface area contributed by atoms with Crippen molar-refractivity contribution in [2.24, 2.45) is 0 Å². The van der Waals surface area contributed by atoms with Crippen LogP contribution < -0.4 is 5.32 Å². The fourth-order valence-corrected chi connectivity index (χ4v) is 3.43. The molecule has 4 rings (SSSR count). The number of rotatable bonds is 4. The molecule has 2 heterocycles. The summed E-state index contributed by atoms with van der Waals surface area (Å²) >= 11 is 0. The van der Waals surface area contributed by atoms with Crippen LogP contribution >= 0.6 is 0 Å². The molecular formula is C22H22N4O2. The molecule has 6 nitrogen and oxygen atoms in total. The number of carbonyl (C=O) groups is 2. The topological polar surface area (TPSA) is 78.1 Å². The minimum absolute atomic E-state index is 0.0123. The van der Waals surface area contributed by atoms with E-state index in [9.17, 15) is 9.59 Å². The van der Waals surface area contributed by atoms with Crippen molar-refractivity contribution >= 4 is 28.9 Å². The van der Waals surface area contributed by atoms with E-state index in [1.165, 1.54) is 0 Å². The molecule has 1 saturated heterocycles. The molecule has 6 heteroatoms. The second kappa shape index (κ2) is 8.08. The summed E-state index contributed by atoms with van der Waals surface area (Å²) in [5.74, 6) is -0.0800. The maximum Gasteiger partial charge on any atom is 0.251 e. The number of benzene rings is 2. The van der Waals surface area contributed by atoms with Gasteiger partial charge in [-0.2, -0.15) is 0 Å². The smallest absolute Gasteiger partial charge is 0.251 e. The van der Waals surface area contributed by atoms with Crippen LogP contribution in [0.5, 0.6) is 0 Å². The van der Waals surface area contributed by atoms with Crippen molar-refractivity contribution in [3.8, 4) is 0 Å². The largest absolute Gasteiger partial charge is 0.349 e. The van der Waals surface area contributed by atoms with E-state index >= 15 is 0 Å². The lowest BCUT2D eigenvalue weighted by molar-refractivity contribution is -0.126. The van der Waals surface area contributed by atoms with Crippen molar-refractivity contribution in [1.29, 1.82) is 0 Å². The molecule has 0 aliphatic carbocycles. The number of amides is 2. The first-order chi connectivity index (χ1) is 13.7. The van der Waals surface area contributed by atoms with Crippen molar-refractivity contribution < 1.29 is 9.59 Å². The molecule has 1 aromatic heterocycles. The number of nitrogens with one attached hydrogen (secondary N) is 2. The number of fused-ring (bicyclic) bond motifs is 1. The molecule has 2 aromatic carbocycles. The van der Waals surface area contributed by atoms with Crippen molar-refractivity contribution in [2.75, 3.05) is 13.1 Å². The third-order valence-electron chi connectivity index (χ3n) is 5.04. The van der Waals surface area contributed by atoms with Gasteiger partial charge in [0.05, 0.1) is 17.4 Å². The zero-order chi connectivity index (χ0) is 19.3. The van der Waals surface area contributed by atoms with Crippen LogP contribution in [0.4, 0.5) is 0 Å². The third-order valence-corrected chi connectivity index (χ3v) is 5.04. The van der Waals surface area contributed by atoms with Crippen molar-refractivity contribution in [1.82, 2.24) is 20.2 Å². The van der Waals surface area contributed by atoms with E-state index in [1.807, 2.05) is 53.4 Å². The Bertz CT molecular complexity index is 1000. The van der Waals surface area contributed by atoms with Crippen LogP contribution in [0, 0.1) is 0 Å². The van der Waals surface area contributed by atoms with Gasteiger partial charge in [-0.15, -0.1) is 0 Å². The van der Waals surface area contributed by atoms with Crippen LogP contribution in [0.3, 0.4) is 0 Å². The number of aromatic amines is 1. The molecule has 2 amide bonds. The van der Waals surface area contributed by atoms with Crippen LogP contribution in [0.15, 0.2) is 60.9 Å². The Morgan fingerprint density at radius 2 is 1.89 bits per heavy atom. The van der Waals surface area contributed by atoms with Crippen LogP contribution in [-0.2, 0) is 4.79 Å². The quantitative estimate of drug-likeness (QED) is 0.689. The van der Waals surface area contributed by atoms with Gasteiger partial charge in [-0.1, -0.05) is 30.3 Å². The monoisotopic (exact) mass is 374 g/mol. The first kappa shape index (κ1) is 18.0. The highest BCUT2D eigenvalue weighted by Gasteiger charge is 2.23. The summed E-state index contributed by atoms with van der Waals surface area (Å²) in [6.07, 6.45) is 6.58. The molecule has 0 unspecified atom stereocenters. The summed E-state index contributed by atoms with van der Waals surface area (Å²) in [4.78, 5) is 33.9. The summed E-state index contributed by atoms with van der Waals surface area (Å²) in [6, 6.07) is 15.3. The number of nitrogens with zero attached hydrogens (tertiary/aromatic N) is 2. The Labute approximate surface area is 163 Å². The summed E-state index contributed by atoms with van der Waals surface area (Å²) in [5, 5.41) is 3.08. The Balaban J connectivity index is 1.29. The number of piperidine rings is 1. The molecule has 0 bridgehead atoms. The summed E-state index contributed by atoms with van der Waals surface area (Å²) in [6.45, 7) is 1.28. The van der Waals surface area contributed by atoms with Gasteiger partial charge in [-0.25, -0.2) is 4.98 Å². The van der Waals surface area contributed by atoms with Crippen molar-refractivity contribution in [3.05, 3.63) is 72.1 Å². The first-order valence-corrected chi connectivity index (χ1v) is 9.45. The standard InChI is InChI=1S/C22H22N4O2/c27-21(9-6-16-4-2-1-3-5-16)26-12-10-18(11-13-26)25-22(28)17-7-8-19-20(14-17)24-15-23-19/h1-9,14-15,18H,10-13H2,(H,23,24)(H,25,28)/b9-6+. The molecule has 3 aromatic rings. The Kier molecular flexibility index (Phi) is 5.19. The average molecular weight is 374 g/mol. The van der Waals surface area contributed by atoms with Crippen molar-refractivity contribution in [3.63, 3.8) is 0 Å². The second-order valence-electron chi connectivity index (χ2n) is 6.95. The SMILES string of the molecule is O=C(NC1CCN(C(=O)/C=C/c2ccccc2)CC1)c1ccc2nc[nH]c2c1. The lowest BCUT2D eigenvalue weighted by Gasteiger charge is -2.31. The third kappa shape index (κ3) is 4.11. The summed E-state index contributed by atoms with van der Waals surface area (Å²) in [7, 11) is 0. The fourth-order valence-electron chi connectivity index (χ4n) is 3.43. The predicted octanol–water partition coefficient (Wildman–Crippen LogP) is 3.00. The molecule has 2 N–H and O–H groups in total. The van der Waals surface area contributed by atoms with E-state index in [2.05, 4.69) is 15.3 Å². The first-order valence-electron chi connectivity index (χ1n) is 9.45. The van der Waals surface area contributed by atoms with E-state index in [4.69, 9.17) is 0 Å². The van der Waals surface area contributed by atoms with E-state index in [0.717, 1.165) is 29.4 Å². The zero-order valence-electron chi connectivity index (χ0n) is 15.5. The number of aromatic nitrogens is 2. The minimum Gasteiger partial charge on any atom is -0.349 e. The molecule has 0 atom stereocenters. The van der Waals surface area contributed by atoms with Gasteiger partial charge < -0.3 is 15.2 Å². The van der Waals surface area contributed by atoms with E-state index in [0.29, 0.717) is 18.7 Å². The summed E-state index contributed by atoms with van der Waals surface area (Å²) in [5.41, 5.74) is 3.30. The summed E-state index contributed by atoms with van der Waals surface area (Å²) < 4.78 is 0. The Morgan fingerprint density at radius 1 is 1.11 bits per heavy atom. The fraction of sp³-hybridized carbons (Fsp3) is 0.227. The van der Waals surface area contributed by atoms with Crippen LogP contribution in [0.25, 0.3) is 17.1 Å². The van der Waals surface area contributed by atoms with Crippen LogP contribution in [-0.4, -0.2) is 45.8 Å². The van der Waals surface area contributed by atoms with Gasteiger partial charge in [0.1, 0.15) is 0 Å². The Morgan fingerprint density at radius 3 is 2.68 bits per heavy atom. The molecule has 0 saturated carbocycles. The highest BCUT2D eigenvalue weighted by molar-refractivity contribution is 5.97. The van der Waals surface area contributed by atoms with Crippen molar-refractivity contribution in [2.45, 2.75) is 18.9 Å². The van der Waals surface area contributed by atoms with E-state index in [-0.39, 0.29) is 17.9 Å². The minimum atomic E-state index is -0.0924. The van der Waals surface area contributed by atoms with Gasteiger partial charge in [0.25, 0.3) is 5.91 Å². The number of likely N-dealkylation sites (tertiary alicyclic amines) is 1. The molecule has 1 aliphatic rings. The van der Waals surface area contributed by atoms with Gasteiger partial charge in [-0.3, -0.25) is 9.59 Å². The zero-order valence-corrected chi connectivity index (χ0v) is 15.5. The van der Waals surface area contributed by atoms with Crippen LogP contribution in [0.1, 0.15) is 28.8 Å². The van der Waals surface area contributed by atoms with Crippen LogP contribution in [0.2, 0.25) is 0 Å². The van der Waals surface area contributed by atoms with Gasteiger partial charge in [-0.05, 0) is 42.7 Å².